The Labute approximate surface area is 122 Å². The maximum absolute atomic E-state index is 10.7. The molecule has 0 bridgehead atoms. The van der Waals surface area contributed by atoms with E-state index in [0.717, 1.165) is 23.0 Å². The Kier molecular flexibility index (Phi) is 7.05. The number of rotatable bonds is 7. The number of aliphatic hydroxyl groups is 1. The summed E-state index contributed by atoms with van der Waals surface area (Å²) in [6, 6.07) is 7.70. The lowest BCUT2D eigenvalue weighted by Gasteiger charge is -2.21. The van der Waals surface area contributed by atoms with Crippen molar-refractivity contribution in [3.8, 4) is 0 Å². The highest BCUT2D eigenvalue weighted by molar-refractivity contribution is 9.10. The Morgan fingerprint density at radius 2 is 2.26 bits per heavy atom. The maximum atomic E-state index is 10.7. The molecule has 1 aromatic rings. The number of halogens is 1. The second kappa shape index (κ2) is 8.30. The van der Waals surface area contributed by atoms with E-state index in [2.05, 4.69) is 26.1 Å². The Bertz CT molecular complexity index is 412. The number of carbonyl (C=O) groups excluding carboxylic acids is 1. The highest BCUT2D eigenvalue weighted by atomic mass is 79.9. The molecule has 0 saturated carbocycles. The first-order valence-corrected chi connectivity index (χ1v) is 7.15. The molecule has 0 radical (unpaired) electrons. The van der Waals surface area contributed by atoms with Crippen molar-refractivity contribution in [3.63, 3.8) is 0 Å². The van der Waals surface area contributed by atoms with E-state index in [1.165, 1.54) is 6.92 Å². The van der Waals surface area contributed by atoms with Crippen LogP contribution in [-0.4, -0.2) is 42.6 Å². The van der Waals surface area contributed by atoms with Gasteiger partial charge in [-0.1, -0.05) is 28.1 Å². The third kappa shape index (κ3) is 6.71. The van der Waals surface area contributed by atoms with Crippen LogP contribution in [0, 0.1) is 0 Å². The number of benzene rings is 1. The maximum Gasteiger partial charge on any atom is 0.216 e. The molecule has 0 aliphatic carbocycles. The molecule has 0 heterocycles. The van der Waals surface area contributed by atoms with Crippen LogP contribution >= 0.6 is 15.9 Å². The lowest BCUT2D eigenvalue weighted by atomic mass is 10.1. The fourth-order valence-electron chi connectivity index (χ4n) is 1.82. The van der Waals surface area contributed by atoms with Gasteiger partial charge in [0.05, 0.1) is 6.10 Å². The van der Waals surface area contributed by atoms with Crippen LogP contribution < -0.4 is 5.32 Å². The van der Waals surface area contributed by atoms with E-state index in [1.54, 1.807) is 0 Å². The third-order valence-electron chi connectivity index (χ3n) is 2.81. The molecule has 0 saturated heterocycles. The average Bonchev–Trinajstić information content (AvgIpc) is 2.34. The Morgan fingerprint density at radius 3 is 2.89 bits per heavy atom. The summed E-state index contributed by atoms with van der Waals surface area (Å²) in [6.45, 7) is 3.61. The summed E-state index contributed by atoms with van der Waals surface area (Å²) >= 11 is 3.40. The van der Waals surface area contributed by atoms with E-state index in [0.29, 0.717) is 13.1 Å². The van der Waals surface area contributed by atoms with Gasteiger partial charge in [-0.25, -0.2) is 0 Å². The number of nitrogens with one attached hydrogen (secondary N) is 1. The first kappa shape index (κ1) is 16.1. The quantitative estimate of drug-likeness (QED) is 0.752. The molecule has 0 aromatic heterocycles. The van der Waals surface area contributed by atoms with Crippen LogP contribution in [0.4, 0.5) is 0 Å². The van der Waals surface area contributed by atoms with E-state index in [-0.39, 0.29) is 5.91 Å². The molecule has 0 spiro atoms. The summed E-state index contributed by atoms with van der Waals surface area (Å²) in [6.07, 6.45) is 0.379. The monoisotopic (exact) mass is 328 g/mol. The summed E-state index contributed by atoms with van der Waals surface area (Å²) in [5.41, 5.74) is 0.906. The number of hydrogen-bond donors (Lipinski definition) is 2. The highest BCUT2D eigenvalue weighted by Crippen LogP contribution is 2.18. The molecule has 0 aliphatic heterocycles. The van der Waals surface area contributed by atoms with E-state index < -0.39 is 6.10 Å². The molecule has 2 N–H and O–H groups in total. The summed E-state index contributed by atoms with van der Waals surface area (Å²) in [7, 11) is 1.97. The lowest BCUT2D eigenvalue weighted by Crippen LogP contribution is -2.29. The Balaban J connectivity index is 2.31. The summed E-state index contributed by atoms with van der Waals surface area (Å²) in [4.78, 5) is 12.8. The van der Waals surface area contributed by atoms with Gasteiger partial charge < -0.3 is 15.3 Å². The predicted molar refractivity (Wildman–Crippen MR) is 79.9 cm³/mol. The average molecular weight is 329 g/mol. The van der Waals surface area contributed by atoms with Gasteiger partial charge in [-0.3, -0.25) is 4.79 Å². The SMILES string of the molecule is CC(=O)NCCCN(C)CC(O)c1cccc(Br)c1. The third-order valence-corrected chi connectivity index (χ3v) is 3.30. The first-order valence-electron chi connectivity index (χ1n) is 6.35. The van der Waals surface area contributed by atoms with Crippen LogP contribution in [0.2, 0.25) is 0 Å². The summed E-state index contributed by atoms with van der Waals surface area (Å²) in [5.74, 6) is -0.00294. The summed E-state index contributed by atoms with van der Waals surface area (Å²) in [5, 5.41) is 12.9. The number of nitrogens with zero attached hydrogens (tertiary/aromatic N) is 1. The van der Waals surface area contributed by atoms with E-state index in [1.807, 2.05) is 31.3 Å². The topological polar surface area (TPSA) is 52.6 Å². The van der Waals surface area contributed by atoms with Gasteiger partial charge in [0.2, 0.25) is 5.91 Å². The molecule has 106 valence electrons. The van der Waals surface area contributed by atoms with Gasteiger partial charge in [0, 0.05) is 24.5 Å². The molecule has 1 unspecified atom stereocenters. The minimum Gasteiger partial charge on any atom is -0.387 e. The van der Waals surface area contributed by atoms with Gasteiger partial charge in [-0.2, -0.15) is 0 Å². The van der Waals surface area contributed by atoms with Gasteiger partial charge in [-0.05, 0) is 37.7 Å². The molecular formula is C14H21BrN2O2. The van der Waals surface area contributed by atoms with E-state index in [4.69, 9.17) is 0 Å². The van der Waals surface area contributed by atoms with Crippen LogP contribution in [-0.2, 0) is 4.79 Å². The van der Waals surface area contributed by atoms with Crippen LogP contribution in [0.1, 0.15) is 25.0 Å². The van der Waals surface area contributed by atoms with Crippen molar-refractivity contribution in [1.29, 1.82) is 0 Å². The number of aliphatic hydroxyl groups excluding tert-OH is 1. The number of hydrogen-bond acceptors (Lipinski definition) is 3. The first-order chi connectivity index (χ1) is 8.99. The minimum atomic E-state index is -0.497. The van der Waals surface area contributed by atoms with Crippen LogP contribution in [0.3, 0.4) is 0 Å². The molecule has 1 rings (SSSR count). The van der Waals surface area contributed by atoms with E-state index in [9.17, 15) is 9.90 Å². The van der Waals surface area contributed by atoms with Gasteiger partial charge in [0.25, 0.3) is 0 Å². The minimum absolute atomic E-state index is 0.00294. The highest BCUT2D eigenvalue weighted by Gasteiger charge is 2.10. The van der Waals surface area contributed by atoms with Crippen molar-refractivity contribution in [2.45, 2.75) is 19.4 Å². The van der Waals surface area contributed by atoms with Gasteiger partial charge in [0.15, 0.2) is 0 Å². The Hall–Kier alpha value is -0.910. The lowest BCUT2D eigenvalue weighted by molar-refractivity contribution is -0.118. The zero-order valence-electron chi connectivity index (χ0n) is 11.4. The zero-order chi connectivity index (χ0) is 14.3. The largest absolute Gasteiger partial charge is 0.387 e. The zero-order valence-corrected chi connectivity index (χ0v) is 13.0. The van der Waals surface area contributed by atoms with Crippen molar-refractivity contribution >= 4 is 21.8 Å². The number of carbonyl (C=O) groups is 1. The normalized spacial score (nSPS) is 12.5. The smallest absolute Gasteiger partial charge is 0.216 e. The predicted octanol–water partition coefficient (Wildman–Crippen LogP) is 1.94. The van der Waals surface area contributed by atoms with Crippen molar-refractivity contribution in [1.82, 2.24) is 10.2 Å². The molecule has 1 aromatic carbocycles. The molecule has 1 atom stereocenters. The van der Waals surface area contributed by atoms with E-state index >= 15 is 0 Å². The second-order valence-electron chi connectivity index (χ2n) is 4.67. The van der Waals surface area contributed by atoms with Crippen molar-refractivity contribution in [3.05, 3.63) is 34.3 Å². The fraction of sp³-hybridized carbons (Fsp3) is 0.500. The van der Waals surface area contributed by atoms with Gasteiger partial charge >= 0.3 is 0 Å². The molecule has 1 amide bonds. The molecule has 19 heavy (non-hydrogen) atoms. The standard InChI is InChI=1S/C14H21BrN2O2/c1-11(18)16-7-4-8-17(2)10-14(19)12-5-3-6-13(15)9-12/h3,5-6,9,14,19H,4,7-8,10H2,1-2H3,(H,16,18). The molecule has 5 heteroatoms. The van der Waals surface area contributed by atoms with Crippen molar-refractivity contribution in [2.75, 3.05) is 26.7 Å². The fourth-order valence-corrected chi connectivity index (χ4v) is 2.24. The Morgan fingerprint density at radius 1 is 1.53 bits per heavy atom. The number of likely N-dealkylation sites (N-methyl/N-ethyl adjacent to an activating group) is 1. The van der Waals surface area contributed by atoms with Gasteiger partial charge in [-0.15, -0.1) is 0 Å². The van der Waals surface area contributed by atoms with Crippen molar-refractivity contribution in [2.24, 2.45) is 0 Å². The molecular weight excluding hydrogens is 308 g/mol. The van der Waals surface area contributed by atoms with Crippen LogP contribution in [0.15, 0.2) is 28.7 Å². The molecule has 0 aliphatic rings. The molecule has 4 nitrogen and oxygen atoms in total. The van der Waals surface area contributed by atoms with Crippen molar-refractivity contribution < 1.29 is 9.90 Å². The molecule has 0 fully saturated rings. The number of amides is 1. The second-order valence-corrected chi connectivity index (χ2v) is 5.59. The van der Waals surface area contributed by atoms with Crippen LogP contribution in [0.25, 0.3) is 0 Å². The van der Waals surface area contributed by atoms with Gasteiger partial charge in [0.1, 0.15) is 0 Å². The van der Waals surface area contributed by atoms with Crippen LogP contribution in [0.5, 0.6) is 0 Å². The summed E-state index contributed by atoms with van der Waals surface area (Å²) < 4.78 is 0.970.